The molecule has 0 N–H and O–H groups in total. The molecule has 0 atom stereocenters. The quantitative estimate of drug-likeness (QED) is 0.723. The molecule has 1 saturated heterocycles. The molecule has 6 heteroatoms. The Balaban J connectivity index is 1.97. The first kappa shape index (κ1) is 12.6. The molecule has 0 saturated carbocycles. The summed E-state index contributed by atoms with van der Waals surface area (Å²) in [6.45, 7) is 8.14. The van der Waals surface area contributed by atoms with Crippen LogP contribution in [0.25, 0.3) is 10.9 Å². The van der Waals surface area contributed by atoms with Gasteiger partial charge in [0.05, 0.1) is 22.3 Å². The van der Waals surface area contributed by atoms with Gasteiger partial charge in [-0.05, 0) is 33.8 Å². The number of aromatic nitrogens is 3. The second kappa shape index (κ2) is 3.80. The van der Waals surface area contributed by atoms with Crippen molar-refractivity contribution >= 4 is 23.6 Å². The molecule has 100 valence electrons. The van der Waals surface area contributed by atoms with Gasteiger partial charge in [0.2, 0.25) is 0 Å². The number of hydrogen-bond donors (Lipinski definition) is 0. The maximum absolute atomic E-state index is 5.99. The summed E-state index contributed by atoms with van der Waals surface area (Å²) in [6.07, 6.45) is 3.75. The first-order valence-corrected chi connectivity index (χ1v) is 6.43. The van der Waals surface area contributed by atoms with Crippen LogP contribution in [0.5, 0.6) is 0 Å². The fourth-order valence-electron chi connectivity index (χ4n) is 2.15. The number of hydrogen-bond acceptors (Lipinski definition) is 4. The number of rotatable bonds is 1. The van der Waals surface area contributed by atoms with Gasteiger partial charge in [0.25, 0.3) is 0 Å². The van der Waals surface area contributed by atoms with Crippen LogP contribution in [0.1, 0.15) is 27.7 Å². The van der Waals surface area contributed by atoms with E-state index in [0.29, 0.717) is 0 Å². The Morgan fingerprint density at radius 1 is 1.16 bits per heavy atom. The first-order valence-electron chi connectivity index (χ1n) is 6.43. The smallest absolute Gasteiger partial charge is 0.398 e. The Morgan fingerprint density at radius 3 is 2.42 bits per heavy atom. The van der Waals surface area contributed by atoms with E-state index in [1.165, 1.54) is 0 Å². The van der Waals surface area contributed by atoms with Crippen molar-refractivity contribution in [2.24, 2.45) is 7.05 Å². The Hall–Kier alpha value is -1.40. The van der Waals surface area contributed by atoms with E-state index in [-0.39, 0.29) is 11.2 Å². The van der Waals surface area contributed by atoms with E-state index in [4.69, 9.17) is 9.31 Å². The third-order valence-corrected chi connectivity index (χ3v) is 4.02. The molecular formula is C13H18BN3O2. The summed E-state index contributed by atoms with van der Waals surface area (Å²) < 4.78 is 13.8. The number of fused-ring (bicyclic) bond motifs is 1. The van der Waals surface area contributed by atoms with Crippen LogP contribution in [0.15, 0.2) is 18.5 Å². The van der Waals surface area contributed by atoms with Crippen LogP contribution in [0.4, 0.5) is 0 Å². The molecule has 0 aliphatic carbocycles. The monoisotopic (exact) mass is 259 g/mol. The largest absolute Gasteiger partial charge is 0.514 e. The summed E-state index contributed by atoms with van der Waals surface area (Å²) >= 11 is 0. The summed E-state index contributed by atoms with van der Waals surface area (Å²) in [7, 11) is 1.46. The van der Waals surface area contributed by atoms with Gasteiger partial charge in [0.15, 0.2) is 0 Å². The highest BCUT2D eigenvalue weighted by Gasteiger charge is 2.52. The van der Waals surface area contributed by atoms with Gasteiger partial charge < -0.3 is 9.31 Å². The molecule has 1 aliphatic rings. The van der Waals surface area contributed by atoms with Crippen LogP contribution in [0, 0.1) is 0 Å². The predicted molar refractivity (Wildman–Crippen MR) is 74.2 cm³/mol. The van der Waals surface area contributed by atoms with Crippen LogP contribution in [-0.4, -0.2) is 33.1 Å². The number of nitrogens with zero attached hydrogens (tertiary/aromatic N) is 3. The van der Waals surface area contributed by atoms with Crippen LogP contribution < -0.4 is 5.59 Å². The van der Waals surface area contributed by atoms with Crippen LogP contribution in [0.3, 0.4) is 0 Å². The molecule has 3 heterocycles. The molecule has 3 rings (SSSR count). The van der Waals surface area contributed by atoms with Gasteiger partial charge in [0, 0.05) is 24.8 Å². The van der Waals surface area contributed by atoms with Crippen molar-refractivity contribution in [3.63, 3.8) is 0 Å². The van der Waals surface area contributed by atoms with Crippen LogP contribution in [-0.2, 0) is 16.4 Å². The van der Waals surface area contributed by atoms with E-state index in [0.717, 1.165) is 16.5 Å². The molecule has 0 amide bonds. The second-order valence-electron chi connectivity index (χ2n) is 6.06. The molecule has 19 heavy (non-hydrogen) atoms. The molecule has 5 nitrogen and oxygen atoms in total. The third kappa shape index (κ3) is 1.95. The average molecular weight is 259 g/mol. The number of aryl methyl sites for hydroxylation is 1. The fourth-order valence-corrected chi connectivity index (χ4v) is 2.15. The lowest BCUT2D eigenvalue weighted by molar-refractivity contribution is 0.00578. The minimum Gasteiger partial charge on any atom is -0.398 e. The molecule has 0 spiro atoms. The molecule has 0 unspecified atom stereocenters. The van der Waals surface area contributed by atoms with Crippen molar-refractivity contribution in [3.05, 3.63) is 18.5 Å². The molecule has 2 aromatic heterocycles. The molecule has 2 aromatic rings. The molecule has 0 aromatic carbocycles. The molecule has 0 bridgehead atoms. The second-order valence-corrected chi connectivity index (χ2v) is 6.06. The SMILES string of the molecule is Cn1cc2cnc(B3OC(C)(C)C(C)(C)O3)cc2n1. The van der Waals surface area contributed by atoms with Crippen molar-refractivity contribution in [1.29, 1.82) is 0 Å². The van der Waals surface area contributed by atoms with Gasteiger partial charge in [-0.1, -0.05) is 0 Å². The van der Waals surface area contributed by atoms with E-state index in [2.05, 4.69) is 10.1 Å². The molecular weight excluding hydrogens is 241 g/mol. The maximum atomic E-state index is 5.99. The van der Waals surface area contributed by atoms with E-state index in [1.807, 2.05) is 53.2 Å². The van der Waals surface area contributed by atoms with Crippen molar-refractivity contribution in [2.75, 3.05) is 0 Å². The van der Waals surface area contributed by atoms with Gasteiger partial charge in [-0.15, -0.1) is 0 Å². The van der Waals surface area contributed by atoms with E-state index in [1.54, 1.807) is 4.68 Å². The van der Waals surface area contributed by atoms with E-state index in [9.17, 15) is 0 Å². The summed E-state index contributed by atoms with van der Waals surface area (Å²) in [5, 5.41) is 5.40. The Labute approximate surface area is 113 Å². The fraction of sp³-hybridized carbons (Fsp3) is 0.538. The number of pyridine rings is 1. The topological polar surface area (TPSA) is 49.2 Å². The standard InChI is InChI=1S/C13H18BN3O2/c1-12(2)13(3,4)19-14(18-12)11-6-10-9(7-15-11)8-17(5)16-10/h6-8H,1-5H3. The average Bonchev–Trinajstić information content (AvgIpc) is 2.74. The Morgan fingerprint density at radius 2 is 1.79 bits per heavy atom. The zero-order valence-electron chi connectivity index (χ0n) is 12.0. The molecule has 0 radical (unpaired) electrons. The summed E-state index contributed by atoms with van der Waals surface area (Å²) in [4.78, 5) is 4.43. The van der Waals surface area contributed by atoms with E-state index >= 15 is 0 Å². The maximum Gasteiger partial charge on any atom is 0.514 e. The van der Waals surface area contributed by atoms with Gasteiger partial charge in [0.1, 0.15) is 0 Å². The van der Waals surface area contributed by atoms with E-state index < -0.39 is 7.12 Å². The minimum atomic E-state index is -0.434. The highest BCUT2D eigenvalue weighted by Crippen LogP contribution is 2.36. The lowest BCUT2D eigenvalue weighted by atomic mass is 9.84. The summed E-state index contributed by atoms with van der Waals surface area (Å²) in [5.41, 5.74) is 0.976. The molecule has 1 aliphatic heterocycles. The normalized spacial score (nSPS) is 21.2. The lowest BCUT2D eigenvalue weighted by Gasteiger charge is -2.32. The van der Waals surface area contributed by atoms with Crippen molar-refractivity contribution in [1.82, 2.24) is 14.8 Å². The predicted octanol–water partition coefficient (Wildman–Crippen LogP) is 1.27. The summed E-state index contributed by atoms with van der Waals surface area (Å²) in [6, 6.07) is 1.93. The van der Waals surface area contributed by atoms with Gasteiger partial charge in [-0.25, -0.2) is 0 Å². The van der Waals surface area contributed by atoms with Gasteiger partial charge in [-0.2, -0.15) is 5.10 Å². The summed E-state index contributed by atoms with van der Waals surface area (Å²) in [5.74, 6) is 0. The highest BCUT2D eigenvalue weighted by molar-refractivity contribution is 6.61. The molecule has 1 fully saturated rings. The van der Waals surface area contributed by atoms with Crippen molar-refractivity contribution < 1.29 is 9.31 Å². The lowest BCUT2D eigenvalue weighted by Crippen LogP contribution is -2.41. The van der Waals surface area contributed by atoms with Crippen molar-refractivity contribution in [3.8, 4) is 0 Å². The third-order valence-electron chi connectivity index (χ3n) is 4.02. The Bertz CT molecular complexity index is 620. The van der Waals surface area contributed by atoms with Gasteiger partial charge >= 0.3 is 7.12 Å². The van der Waals surface area contributed by atoms with Crippen molar-refractivity contribution in [2.45, 2.75) is 38.9 Å². The van der Waals surface area contributed by atoms with Gasteiger partial charge in [-0.3, -0.25) is 9.67 Å². The zero-order valence-corrected chi connectivity index (χ0v) is 12.0. The minimum absolute atomic E-state index is 0.349. The zero-order chi connectivity index (χ0) is 13.8. The van der Waals surface area contributed by atoms with Crippen LogP contribution in [0.2, 0.25) is 0 Å². The van der Waals surface area contributed by atoms with Crippen LogP contribution >= 0.6 is 0 Å². The first-order chi connectivity index (χ1) is 8.78. The highest BCUT2D eigenvalue weighted by atomic mass is 16.7. The Kier molecular flexibility index (Phi) is 2.53.